The van der Waals surface area contributed by atoms with Crippen LogP contribution in [0.15, 0.2) is 12.2 Å². The van der Waals surface area contributed by atoms with E-state index in [0.29, 0.717) is 6.42 Å². The van der Waals surface area contributed by atoms with Crippen molar-refractivity contribution in [1.82, 2.24) is 0 Å². The lowest BCUT2D eigenvalue weighted by atomic mass is 10.1. The molecule has 0 aliphatic carbocycles. The minimum atomic E-state index is -3.72. The summed E-state index contributed by atoms with van der Waals surface area (Å²) in [5.74, 6) is -0.276. The third kappa shape index (κ3) is 22.4. The normalized spacial score (nSPS) is 13.1. The van der Waals surface area contributed by atoms with E-state index < -0.39 is 12.8 Å². The molecule has 1 atom stereocenters. The summed E-state index contributed by atoms with van der Waals surface area (Å²) in [5, 5.41) is 0. The van der Waals surface area contributed by atoms with Crippen LogP contribution >= 0.6 is 6.72 Å². The molecule has 0 saturated heterocycles. The van der Waals surface area contributed by atoms with Gasteiger partial charge < -0.3 is 23.8 Å². The first-order valence-corrected chi connectivity index (χ1v) is 14.0. The van der Waals surface area contributed by atoms with E-state index in [2.05, 4.69) is 30.9 Å². The lowest BCUT2D eigenvalue weighted by molar-refractivity contribution is -0.148. The fourth-order valence-corrected chi connectivity index (χ4v) is 3.51. The quantitative estimate of drug-likeness (QED) is 0.0956. The zero-order valence-corrected chi connectivity index (χ0v) is 20.6. The number of methoxy groups -OCH3 is 1. The molecule has 0 heterocycles. The van der Waals surface area contributed by atoms with Crippen LogP contribution in [-0.4, -0.2) is 42.2 Å². The molecule has 30 heavy (non-hydrogen) atoms. The van der Waals surface area contributed by atoms with E-state index in [1.807, 2.05) is 0 Å². The molecule has 0 bridgehead atoms. The van der Waals surface area contributed by atoms with E-state index >= 15 is 0 Å². The summed E-state index contributed by atoms with van der Waals surface area (Å²) in [6, 6.07) is 0. The molecular weight excluding hydrogens is 423 g/mol. The van der Waals surface area contributed by atoms with Crippen LogP contribution in [0, 0.1) is 0 Å². The van der Waals surface area contributed by atoms with E-state index in [9.17, 15) is 4.79 Å². The van der Waals surface area contributed by atoms with E-state index in [1.54, 1.807) is 0 Å². The van der Waals surface area contributed by atoms with Gasteiger partial charge in [-0.2, -0.15) is 0 Å². The number of hydrogen-bond acceptors (Lipinski definition) is 5. The Bertz CT molecular complexity index is 480. The molecule has 0 aromatic rings. The second-order valence-corrected chi connectivity index (χ2v) is 10.3. The van der Waals surface area contributed by atoms with Crippen molar-refractivity contribution in [3.05, 3.63) is 12.2 Å². The number of carbonyl (C=O) groups is 1. The number of unbranched alkanes of at least 4 members (excludes halogenated alkanes) is 11. The second-order valence-electron chi connectivity index (χ2n) is 7.66. The Morgan fingerprint density at radius 2 is 1.43 bits per heavy atom. The molecule has 0 unspecified atom stereocenters. The number of hydrogen-bond donors (Lipinski definition) is 2. The van der Waals surface area contributed by atoms with Crippen LogP contribution in [0.2, 0.25) is 0 Å². The van der Waals surface area contributed by atoms with Crippen molar-refractivity contribution in [1.29, 1.82) is 0 Å². The molecule has 0 aliphatic rings. The van der Waals surface area contributed by atoms with Crippen LogP contribution in [0.5, 0.6) is 0 Å². The monoisotopic (exact) mass is 466 g/mol. The lowest BCUT2D eigenvalue weighted by Crippen LogP contribution is -2.25. The molecule has 0 rings (SSSR count). The maximum atomic E-state index is 11.8. The first-order chi connectivity index (χ1) is 14.4. The van der Waals surface area contributed by atoms with Gasteiger partial charge in [-0.3, -0.25) is 4.79 Å². The SMILES string of the molecule is CCCCCCCCC=CCCCCCCCC(=O)OC[C@@H](COP(O)(O)=S)OC. The molecule has 6 nitrogen and oxygen atoms in total. The maximum Gasteiger partial charge on any atom is 0.321 e. The largest absolute Gasteiger partial charge is 0.463 e. The Morgan fingerprint density at radius 1 is 0.900 bits per heavy atom. The summed E-state index contributed by atoms with van der Waals surface area (Å²) in [5.41, 5.74) is 0. The van der Waals surface area contributed by atoms with Gasteiger partial charge in [-0.15, -0.1) is 0 Å². The molecule has 0 saturated carbocycles. The van der Waals surface area contributed by atoms with Gasteiger partial charge in [0.15, 0.2) is 0 Å². The molecule has 178 valence electrons. The molecule has 0 aromatic carbocycles. The van der Waals surface area contributed by atoms with Gasteiger partial charge in [-0.05, 0) is 43.9 Å². The van der Waals surface area contributed by atoms with Crippen LogP contribution in [0.25, 0.3) is 0 Å². The highest BCUT2D eigenvalue weighted by Crippen LogP contribution is 2.36. The topological polar surface area (TPSA) is 85.2 Å². The molecule has 8 heteroatoms. The summed E-state index contributed by atoms with van der Waals surface area (Å²) in [7, 11) is 1.43. The van der Waals surface area contributed by atoms with Gasteiger partial charge >= 0.3 is 12.7 Å². The lowest BCUT2D eigenvalue weighted by Gasteiger charge is -2.17. The van der Waals surface area contributed by atoms with Gasteiger partial charge in [0, 0.05) is 13.5 Å². The zero-order valence-electron chi connectivity index (χ0n) is 18.9. The van der Waals surface area contributed by atoms with Crippen molar-refractivity contribution >= 4 is 24.5 Å². The minimum Gasteiger partial charge on any atom is -0.463 e. The summed E-state index contributed by atoms with van der Waals surface area (Å²) in [4.78, 5) is 29.8. The van der Waals surface area contributed by atoms with Crippen LogP contribution in [0.1, 0.15) is 96.8 Å². The van der Waals surface area contributed by atoms with Gasteiger partial charge in [-0.25, -0.2) is 0 Å². The van der Waals surface area contributed by atoms with Gasteiger partial charge in [0.25, 0.3) is 0 Å². The van der Waals surface area contributed by atoms with Crippen molar-refractivity contribution in [3.8, 4) is 0 Å². The van der Waals surface area contributed by atoms with E-state index in [0.717, 1.165) is 25.7 Å². The molecule has 0 amide bonds. The van der Waals surface area contributed by atoms with Crippen molar-refractivity contribution in [3.63, 3.8) is 0 Å². The van der Waals surface area contributed by atoms with Crippen molar-refractivity contribution in [2.75, 3.05) is 20.3 Å². The Balaban J connectivity index is 3.47. The fraction of sp³-hybridized carbons (Fsp3) is 0.864. The molecule has 0 radical (unpaired) electrons. The standard InChI is InChI=1S/C22H43O6PS/c1-3-4-5-6-7-8-9-10-11-12-13-14-15-16-17-18-22(23)27-19-21(26-2)20-28-29(24,25)30/h10-11,21H,3-9,12-20H2,1-2H3,(H2,24,25,30)/t21-/m0/s1. The Kier molecular flexibility index (Phi) is 20.4. The molecule has 0 aromatic heterocycles. The summed E-state index contributed by atoms with van der Waals surface area (Å²) in [6.45, 7) is -1.58. The average molecular weight is 467 g/mol. The number of esters is 1. The van der Waals surface area contributed by atoms with Gasteiger partial charge in [0.05, 0.1) is 6.61 Å². The van der Waals surface area contributed by atoms with Crippen LogP contribution in [-0.2, 0) is 30.6 Å². The molecular formula is C22H43O6PS. The highest BCUT2D eigenvalue weighted by atomic mass is 32.5. The van der Waals surface area contributed by atoms with Crippen molar-refractivity contribution < 1.29 is 28.6 Å². The fourth-order valence-electron chi connectivity index (χ4n) is 2.96. The summed E-state index contributed by atoms with van der Waals surface area (Å²) < 4.78 is 14.9. The Hall–Kier alpha value is -0.300. The predicted octanol–water partition coefficient (Wildman–Crippen LogP) is 5.81. The number of carbonyl (C=O) groups excluding carboxylic acids is 1. The Morgan fingerprint density at radius 3 is 1.97 bits per heavy atom. The molecule has 0 spiro atoms. The number of rotatable bonds is 21. The smallest absolute Gasteiger partial charge is 0.321 e. The number of allylic oxidation sites excluding steroid dienone is 2. The Labute approximate surface area is 188 Å². The second kappa shape index (κ2) is 20.6. The van der Waals surface area contributed by atoms with Gasteiger partial charge in [0.2, 0.25) is 0 Å². The molecule has 2 N–H and O–H groups in total. The predicted molar refractivity (Wildman–Crippen MR) is 126 cm³/mol. The van der Waals surface area contributed by atoms with Crippen LogP contribution in [0.4, 0.5) is 0 Å². The average Bonchev–Trinajstić information content (AvgIpc) is 2.70. The highest BCUT2D eigenvalue weighted by molar-refractivity contribution is 8.06. The third-order valence-corrected chi connectivity index (χ3v) is 5.64. The van der Waals surface area contributed by atoms with E-state index in [1.165, 1.54) is 64.9 Å². The zero-order chi connectivity index (χ0) is 22.5. The molecule has 0 fully saturated rings. The molecule has 0 aliphatic heterocycles. The highest BCUT2D eigenvalue weighted by Gasteiger charge is 2.16. The summed E-state index contributed by atoms with van der Waals surface area (Å²) >= 11 is 4.37. The van der Waals surface area contributed by atoms with Crippen molar-refractivity contribution in [2.45, 2.75) is 103 Å². The van der Waals surface area contributed by atoms with E-state index in [-0.39, 0.29) is 19.2 Å². The van der Waals surface area contributed by atoms with Crippen LogP contribution < -0.4 is 0 Å². The van der Waals surface area contributed by atoms with Crippen LogP contribution in [0.3, 0.4) is 0 Å². The van der Waals surface area contributed by atoms with Gasteiger partial charge in [-0.1, -0.05) is 70.4 Å². The first kappa shape index (κ1) is 29.7. The third-order valence-electron chi connectivity index (χ3n) is 4.83. The van der Waals surface area contributed by atoms with Gasteiger partial charge in [0.1, 0.15) is 12.7 Å². The number of ether oxygens (including phenoxy) is 2. The van der Waals surface area contributed by atoms with Crippen molar-refractivity contribution in [2.24, 2.45) is 0 Å². The maximum absolute atomic E-state index is 11.8. The van der Waals surface area contributed by atoms with E-state index in [4.69, 9.17) is 23.8 Å². The summed E-state index contributed by atoms with van der Waals surface area (Å²) in [6.07, 6.45) is 20.3. The first-order valence-electron chi connectivity index (χ1n) is 11.4. The minimum absolute atomic E-state index is 0.00966.